The van der Waals surface area contributed by atoms with E-state index in [0.717, 1.165) is 16.9 Å². The summed E-state index contributed by atoms with van der Waals surface area (Å²) in [4.78, 5) is 25.5. The number of sulfonamides is 1. The third kappa shape index (κ3) is 4.86. The molecule has 2 aromatic carbocycles. The van der Waals surface area contributed by atoms with Crippen LogP contribution in [0.5, 0.6) is 0 Å². The molecule has 1 aromatic heterocycles. The maximum Gasteiger partial charge on any atom is 0.325 e. The van der Waals surface area contributed by atoms with Crippen LogP contribution < -0.4 is 10.0 Å². The van der Waals surface area contributed by atoms with Gasteiger partial charge in [0.1, 0.15) is 9.75 Å². The molecule has 10 heteroatoms. The lowest BCUT2D eigenvalue weighted by Crippen LogP contribution is -2.51. The van der Waals surface area contributed by atoms with E-state index in [-0.39, 0.29) is 23.1 Å². The first-order chi connectivity index (χ1) is 16.6. The van der Waals surface area contributed by atoms with Gasteiger partial charge in [0.15, 0.2) is 0 Å². The van der Waals surface area contributed by atoms with Gasteiger partial charge in [0.25, 0.3) is 10.0 Å². The molecule has 3 N–H and O–H groups in total. The maximum atomic E-state index is 13.4. The lowest BCUT2D eigenvalue weighted by Gasteiger charge is -2.25. The van der Waals surface area contributed by atoms with Gasteiger partial charge in [0.2, 0.25) is 5.91 Å². The minimum atomic E-state index is -4.17. The van der Waals surface area contributed by atoms with Gasteiger partial charge in [0, 0.05) is 28.3 Å². The molecule has 7 nitrogen and oxygen atoms in total. The Kier molecular flexibility index (Phi) is 7.06. The fraction of sp³-hybridized carbons (Fsp3) is 0.280. The van der Waals surface area contributed by atoms with Crippen molar-refractivity contribution < 1.29 is 23.1 Å². The van der Waals surface area contributed by atoms with E-state index in [1.165, 1.54) is 6.07 Å². The molecule has 3 aromatic rings. The van der Waals surface area contributed by atoms with Gasteiger partial charge in [-0.1, -0.05) is 61.0 Å². The molecule has 1 aliphatic rings. The van der Waals surface area contributed by atoms with Gasteiger partial charge in [-0.15, -0.1) is 11.3 Å². The average molecular weight is 533 g/mol. The molecule has 1 fully saturated rings. The number of hydrogen-bond donors (Lipinski definition) is 3. The lowest BCUT2D eigenvalue weighted by molar-refractivity contribution is -0.141. The van der Waals surface area contributed by atoms with Crippen molar-refractivity contribution in [1.29, 1.82) is 0 Å². The summed E-state index contributed by atoms with van der Waals surface area (Å²) in [5.41, 5.74) is -1.46. The molecule has 0 radical (unpaired) electrons. The quantitative estimate of drug-likeness (QED) is 0.357. The standard InChI is InChI=1S/C25H25ClN2O5S2/c1-2-6-21(29)27-16-24(18-7-4-3-5-8-18)15-25(24,23(30)31)28-35(32,33)22-14-13-20(34-22)17-9-11-19(26)12-10-17/h3-5,7-14,28H,2,6,15-16H2,1H3,(H,27,29)(H,30,31)/t24-,25?/m1/s1. The van der Waals surface area contributed by atoms with Crippen LogP contribution in [0.4, 0.5) is 0 Å². The van der Waals surface area contributed by atoms with E-state index in [2.05, 4.69) is 10.0 Å². The molecule has 1 heterocycles. The van der Waals surface area contributed by atoms with Crippen molar-refractivity contribution in [2.24, 2.45) is 0 Å². The van der Waals surface area contributed by atoms with Crippen molar-refractivity contribution in [1.82, 2.24) is 10.0 Å². The van der Waals surface area contributed by atoms with Crippen LogP contribution in [0.3, 0.4) is 0 Å². The molecular formula is C25H25ClN2O5S2. The second kappa shape index (κ2) is 9.73. The predicted molar refractivity (Wildman–Crippen MR) is 136 cm³/mol. The van der Waals surface area contributed by atoms with Gasteiger partial charge < -0.3 is 10.4 Å². The number of nitrogens with one attached hydrogen (secondary N) is 2. The van der Waals surface area contributed by atoms with Crippen LogP contribution in [0.25, 0.3) is 10.4 Å². The first-order valence-electron chi connectivity index (χ1n) is 11.1. The Morgan fingerprint density at radius 1 is 1.06 bits per heavy atom. The van der Waals surface area contributed by atoms with E-state index in [1.54, 1.807) is 60.7 Å². The van der Waals surface area contributed by atoms with E-state index in [0.29, 0.717) is 28.3 Å². The van der Waals surface area contributed by atoms with Crippen LogP contribution in [0.2, 0.25) is 5.02 Å². The van der Waals surface area contributed by atoms with E-state index >= 15 is 0 Å². The lowest BCUT2D eigenvalue weighted by atomic mass is 9.90. The fourth-order valence-electron chi connectivity index (χ4n) is 4.37. The van der Waals surface area contributed by atoms with Crippen LogP contribution >= 0.6 is 22.9 Å². The Balaban J connectivity index is 1.66. The molecule has 1 unspecified atom stereocenters. The third-order valence-corrected chi connectivity index (χ3v) is 9.67. The van der Waals surface area contributed by atoms with Crippen LogP contribution in [0, 0.1) is 0 Å². The van der Waals surface area contributed by atoms with Crippen molar-refractivity contribution in [2.45, 2.75) is 41.3 Å². The zero-order chi connectivity index (χ0) is 25.3. The van der Waals surface area contributed by atoms with Crippen LogP contribution in [-0.4, -0.2) is 37.5 Å². The number of benzene rings is 2. The minimum Gasteiger partial charge on any atom is -0.480 e. The number of hydrogen-bond acceptors (Lipinski definition) is 5. The number of carboxylic acid groups (broad SMARTS) is 1. The fourth-order valence-corrected chi connectivity index (χ4v) is 7.23. The highest BCUT2D eigenvalue weighted by molar-refractivity contribution is 7.91. The first kappa shape index (κ1) is 25.4. The molecule has 4 rings (SSSR count). The predicted octanol–water partition coefficient (Wildman–Crippen LogP) is 4.43. The average Bonchev–Trinajstić information content (AvgIpc) is 3.21. The maximum absolute atomic E-state index is 13.4. The monoisotopic (exact) mass is 532 g/mol. The molecule has 1 amide bonds. The first-order valence-corrected chi connectivity index (χ1v) is 13.8. The van der Waals surface area contributed by atoms with Crippen molar-refractivity contribution in [2.75, 3.05) is 6.54 Å². The summed E-state index contributed by atoms with van der Waals surface area (Å²) in [5, 5.41) is 13.6. The van der Waals surface area contributed by atoms with Gasteiger partial charge in [-0.25, -0.2) is 8.42 Å². The highest BCUT2D eigenvalue weighted by Crippen LogP contribution is 2.58. The molecule has 184 valence electrons. The van der Waals surface area contributed by atoms with Crippen molar-refractivity contribution in [3.05, 3.63) is 77.3 Å². The highest BCUT2D eigenvalue weighted by atomic mass is 35.5. The number of rotatable bonds is 10. The molecule has 35 heavy (non-hydrogen) atoms. The Morgan fingerprint density at radius 3 is 2.37 bits per heavy atom. The molecule has 0 saturated heterocycles. The number of amides is 1. The van der Waals surface area contributed by atoms with Crippen molar-refractivity contribution in [3.63, 3.8) is 0 Å². The van der Waals surface area contributed by atoms with E-state index in [9.17, 15) is 23.1 Å². The molecule has 2 atom stereocenters. The summed E-state index contributed by atoms with van der Waals surface area (Å²) in [5.74, 6) is -1.49. The molecule has 1 saturated carbocycles. The summed E-state index contributed by atoms with van der Waals surface area (Å²) in [6, 6.07) is 19.0. The SMILES string of the molecule is CCCC(=O)NC[C@@]1(c2ccccc2)CC1(NS(=O)(=O)c1ccc(-c2ccc(Cl)cc2)s1)C(=O)O. The van der Waals surface area contributed by atoms with Crippen molar-refractivity contribution >= 4 is 44.8 Å². The van der Waals surface area contributed by atoms with Gasteiger partial charge in [-0.3, -0.25) is 9.59 Å². The van der Waals surface area contributed by atoms with Gasteiger partial charge in [-0.05, 0) is 48.2 Å². The molecular weight excluding hydrogens is 508 g/mol. The number of aliphatic carboxylic acids is 1. The Labute approximate surface area is 213 Å². The molecule has 0 bridgehead atoms. The smallest absolute Gasteiger partial charge is 0.325 e. The Bertz CT molecular complexity index is 1340. The zero-order valence-electron chi connectivity index (χ0n) is 19.0. The second-order valence-corrected chi connectivity index (χ2v) is 12.0. The second-order valence-electron chi connectivity index (χ2n) is 8.59. The Hall–Kier alpha value is -2.72. The van der Waals surface area contributed by atoms with Gasteiger partial charge in [0.05, 0.1) is 0 Å². The number of halogens is 1. The number of carbonyl (C=O) groups is 2. The molecule has 0 aliphatic heterocycles. The zero-order valence-corrected chi connectivity index (χ0v) is 21.3. The summed E-state index contributed by atoms with van der Waals surface area (Å²) >= 11 is 6.99. The summed E-state index contributed by atoms with van der Waals surface area (Å²) in [6.07, 6.45) is 0.967. The topological polar surface area (TPSA) is 113 Å². The van der Waals surface area contributed by atoms with Crippen molar-refractivity contribution in [3.8, 4) is 10.4 Å². The van der Waals surface area contributed by atoms with Gasteiger partial charge in [-0.2, -0.15) is 4.72 Å². The third-order valence-electron chi connectivity index (χ3n) is 6.30. The summed E-state index contributed by atoms with van der Waals surface area (Å²) in [6.45, 7) is 1.88. The minimum absolute atomic E-state index is 0.00509. The molecule has 0 spiro atoms. The molecule has 1 aliphatic carbocycles. The number of thiophene rings is 1. The summed E-state index contributed by atoms with van der Waals surface area (Å²) < 4.78 is 29.3. The number of carbonyl (C=O) groups excluding carboxylic acids is 1. The van der Waals surface area contributed by atoms with Crippen LogP contribution in [0.1, 0.15) is 31.7 Å². The number of carboxylic acids is 1. The van der Waals surface area contributed by atoms with E-state index in [4.69, 9.17) is 11.6 Å². The Morgan fingerprint density at radius 2 is 1.74 bits per heavy atom. The van der Waals surface area contributed by atoms with E-state index < -0.39 is 26.9 Å². The normalized spacial score (nSPS) is 21.4. The van der Waals surface area contributed by atoms with Crippen LogP contribution in [0.15, 0.2) is 70.9 Å². The van der Waals surface area contributed by atoms with E-state index in [1.807, 2.05) is 6.92 Å². The largest absolute Gasteiger partial charge is 0.480 e. The highest BCUT2D eigenvalue weighted by Gasteiger charge is 2.74. The van der Waals surface area contributed by atoms with Crippen LogP contribution in [-0.2, 0) is 25.0 Å². The van der Waals surface area contributed by atoms with Gasteiger partial charge >= 0.3 is 5.97 Å². The summed E-state index contributed by atoms with van der Waals surface area (Å²) in [7, 11) is -4.17.